The second-order valence-electron chi connectivity index (χ2n) is 7.18. The summed E-state index contributed by atoms with van der Waals surface area (Å²) < 4.78 is 11.2. The lowest BCUT2D eigenvalue weighted by molar-refractivity contribution is -0.112. The number of nitrogens with one attached hydrogen (secondary N) is 1. The van der Waals surface area contributed by atoms with Crippen molar-refractivity contribution in [2.45, 2.75) is 13.5 Å². The number of amides is 1. The molecule has 0 radical (unpaired) electrons. The van der Waals surface area contributed by atoms with Gasteiger partial charge in [-0.25, -0.2) is 0 Å². The maximum absolute atomic E-state index is 12.6. The molecule has 0 aromatic heterocycles. The lowest BCUT2D eigenvalue weighted by atomic mass is 10.1. The smallest absolute Gasteiger partial charge is 0.266 e. The zero-order chi connectivity index (χ0) is 24.7. The first-order valence-electron chi connectivity index (χ1n) is 10.0. The SMILES string of the molecule is COc1cc(/C=C(/C#N)C(=O)Nc2ccc(C)c(Cl)c2)cc(Cl)c1OCc1ccccc1C#N. The van der Waals surface area contributed by atoms with E-state index in [0.717, 1.165) is 5.56 Å². The molecule has 0 unspecified atom stereocenters. The van der Waals surface area contributed by atoms with E-state index in [1.165, 1.54) is 13.2 Å². The molecule has 0 fully saturated rings. The number of methoxy groups -OCH3 is 1. The highest BCUT2D eigenvalue weighted by atomic mass is 35.5. The number of aryl methyl sites for hydroxylation is 1. The molecule has 0 spiro atoms. The molecule has 170 valence electrons. The third-order valence-corrected chi connectivity index (χ3v) is 5.56. The van der Waals surface area contributed by atoms with Crippen LogP contribution < -0.4 is 14.8 Å². The Morgan fingerprint density at radius 3 is 2.53 bits per heavy atom. The minimum absolute atomic E-state index is 0.111. The van der Waals surface area contributed by atoms with Crippen molar-refractivity contribution in [3.05, 3.63) is 92.5 Å². The first-order chi connectivity index (χ1) is 16.4. The van der Waals surface area contributed by atoms with E-state index in [9.17, 15) is 15.3 Å². The van der Waals surface area contributed by atoms with E-state index < -0.39 is 5.91 Å². The van der Waals surface area contributed by atoms with Gasteiger partial charge >= 0.3 is 0 Å². The van der Waals surface area contributed by atoms with Crippen molar-refractivity contribution < 1.29 is 14.3 Å². The molecule has 0 aliphatic heterocycles. The Hall–Kier alpha value is -3.97. The number of carbonyl (C=O) groups is 1. The third-order valence-electron chi connectivity index (χ3n) is 4.87. The molecular weight excluding hydrogens is 473 g/mol. The van der Waals surface area contributed by atoms with Gasteiger partial charge in [0, 0.05) is 16.3 Å². The molecule has 1 N–H and O–H groups in total. The van der Waals surface area contributed by atoms with Gasteiger partial charge in [-0.2, -0.15) is 10.5 Å². The van der Waals surface area contributed by atoms with Crippen molar-refractivity contribution in [3.8, 4) is 23.6 Å². The number of halogens is 2. The first-order valence-corrected chi connectivity index (χ1v) is 10.8. The Bertz CT molecular complexity index is 1350. The van der Waals surface area contributed by atoms with Crippen molar-refractivity contribution in [1.82, 2.24) is 0 Å². The second kappa shape index (κ2) is 11.2. The molecule has 0 bridgehead atoms. The molecule has 1 amide bonds. The van der Waals surface area contributed by atoms with Gasteiger partial charge in [-0.05, 0) is 54.5 Å². The summed E-state index contributed by atoms with van der Waals surface area (Å²) in [7, 11) is 1.45. The van der Waals surface area contributed by atoms with Crippen molar-refractivity contribution in [2.75, 3.05) is 12.4 Å². The van der Waals surface area contributed by atoms with Crippen LogP contribution in [0.1, 0.15) is 22.3 Å². The number of nitrogens with zero attached hydrogens (tertiary/aromatic N) is 2. The Labute approximate surface area is 207 Å². The van der Waals surface area contributed by atoms with Crippen LogP contribution in [0.2, 0.25) is 10.0 Å². The minimum atomic E-state index is -0.592. The topological polar surface area (TPSA) is 95.1 Å². The molecule has 3 rings (SSSR count). The fraction of sp³-hybridized carbons (Fsp3) is 0.115. The van der Waals surface area contributed by atoms with Crippen LogP contribution in [0.15, 0.2) is 60.2 Å². The number of hydrogen-bond donors (Lipinski definition) is 1. The van der Waals surface area contributed by atoms with E-state index in [1.54, 1.807) is 48.5 Å². The van der Waals surface area contributed by atoms with Crippen LogP contribution in [0.3, 0.4) is 0 Å². The predicted octanol–water partition coefficient (Wildman–Crippen LogP) is 6.31. The number of carbonyl (C=O) groups excluding carboxylic acids is 1. The van der Waals surface area contributed by atoms with Crippen molar-refractivity contribution in [2.24, 2.45) is 0 Å². The van der Waals surface area contributed by atoms with Gasteiger partial charge in [-0.1, -0.05) is 47.5 Å². The molecule has 0 heterocycles. The maximum Gasteiger partial charge on any atom is 0.266 e. The lowest BCUT2D eigenvalue weighted by Crippen LogP contribution is -2.13. The van der Waals surface area contributed by atoms with Crippen LogP contribution in [0.5, 0.6) is 11.5 Å². The first kappa shape index (κ1) is 24.7. The Morgan fingerprint density at radius 1 is 1.09 bits per heavy atom. The highest BCUT2D eigenvalue weighted by Gasteiger charge is 2.15. The molecule has 8 heteroatoms. The van der Waals surface area contributed by atoms with Crippen LogP contribution in [0.4, 0.5) is 5.69 Å². The minimum Gasteiger partial charge on any atom is -0.493 e. The summed E-state index contributed by atoms with van der Waals surface area (Å²) in [5.74, 6) is 0.00784. The summed E-state index contributed by atoms with van der Waals surface area (Å²) in [5.41, 5.74) is 2.88. The van der Waals surface area contributed by atoms with Gasteiger partial charge in [0.2, 0.25) is 0 Å². The van der Waals surface area contributed by atoms with Crippen LogP contribution in [-0.4, -0.2) is 13.0 Å². The van der Waals surface area contributed by atoms with Gasteiger partial charge in [0.1, 0.15) is 18.2 Å². The average molecular weight is 492 g/mol. The van der Waals surface area contributed by atoms with E-state index >= 15 is 0 Å². The molecule has 0 aliphatic carbocycles. The summed E-state index contributed by atoms with van der Waals surface area (Å²) >= 11 is 12.5. The lowest BCUT2D eigenvalue weighted by Gasteiger charge is -2.14. The van der Waals surface area contributed by atoms with Crippen molar-refractivity contribution >= 4 is 40.9 Å². The number of ether oxygens (including phenoxy) is 2. The average Bonchev–Trinajstić information content (AvgIpc) is 2.83. The number of rotatable bonds is 7. The van der Waals surface area contributed by atoms with Crippen LogP contribution >= 0.6 is 23.2 Å². The predicted molar refractivity (Wildman–Crippen MR) is 132 cm³/mol. The molecule has 3 aromatic rings. The fourth-order valence-corrected chi connectivity index (χ4v) is 3.51. The Kier molecular flexibility index (Phi) is 8.16. The monoisotopic (exact) mass is 491 g/mol. The number of nitriles is 2. The van der Waals surface area contributed by atoms with E-state index in [1.807, 2.05) is 19.1 Å². The highest BCUT2D eigenvalue weighted by molar-refractivity contribution is 6.32. The van der Waals surface area contributed by atoms with Gasteiger partial charge in [0.25, 0.3) is 5.91 Å². The van der Waals surface area contributed by atoms with Gasteiger partial charge in [-0.3, -0.25) is 4.79 Å². The number of anilines is 1. The van der Waals surface area contributed by atoms with Crippen LogP contribution in [0, 0.1) is 29.6 Å². The number of benzene rings is 3. The van der Waals surface area contributed by atoms with Crippen LogP contribution in [0.25, 0.3) is 6.08 Å². The van der Waals surface area contributed by atoms with Gasteiger partial charge in [0.15, 0.2) is 11.5 Å². The quantitative estimate of drug-likeness (QED) is 0.308. The fourth-order valence-electron chi connectivity index (χ4n) is 3.05. The number of hydrogen-bond acceptors (Lipinski definition) is 5. The summed E-state index contributed by atoms with van der Waals surface area (Å²) in [4.78, 5) is 12.6. The van der Waals surface area contributed by atoms with Crippen LogP contribution in [-0.2, 0) is 11.4 Å². The van der Waals surface area contributed by atoms with Gasteiger partial charge in [-0.15, -0.1) is 0 Å². The largest absolute Gasteiger partial charge is 0.493 e. The van der Waals surface area contributed by atoms with Gasteiger partial charge in [0.05, 0.1) is 23.8 Å². The molecule has 0 aliphatic rings. The third kappa shape index (κ3) is 5.88. The van der Waals surface area contributed by atoms with E-state index in [0.29, 0.717) is 33.1 Å². The Morgan fingerprint density at radius 2 is 1.85 bits per heavy atom. The zero-order valence-electron chi connectivity index (χ0n) is 18.4. The molecule has 3 aromatic carbocycles. The van der Waals surface area contributed by atoms with Crippen molar-refractivity contribution in [1.29, 1.82) is 10.5 Å². The summed E-state index contributed by atoms with van der Waals surface area (Å²) in [6.07, 6.45) is 1.40. The van der Waals surface area contributed by atoms with Gasteiger partial charge < -0.3 is 14.8 Å². The zero-order valence-corrected chi connectivity index (χ0v) is 19.9. The summed E-state index contributed by atoms with van der Waals surface area (Å²) in [5, 5.41) is 22.2. The van der Waals surface area contributed by atoms with E-state index in [-0.39, 0.29) is 23.0 Å². The Balaban J connectivity index is 1.84. The molecule has 34 heavy (non-hydrogen) atoms. The van der Waals surface area contributed by atoms with Crippen molar-refractivity contribution in [3.63, 3.8) is 0 Å². The standard InChI is InChI=1S/C26H19Cl2N3O3/c1-16-7-8-21(12-22(16)27)31-26(32)20(14-30)9-17-10-23(28)25(24(11-17)33-2)34-15-19-6-4-3-5-18(19)13-29/h3-12H,15H2,1-2H3,(H,31,32)/b20-9-. The van der Waals surface area contributed by atoms with E-state index in [4.69, 9.17) is 32.7 Å². The molecule has 0 saturated heterocycles. The molecular formula is C26H19Cl2N3O3. The molecule has 0 saturated carbocycles. The second-order valence-corrected chi connectivity index (χ2v) is 7.99. The maximum atomic E-state index is 12.6. The molecule has 6 nitrogen and oxygen atoms in total. The summed E-state index contributed by atoms with van der Waals surface area (Å²) in [6.45, 7) is 1.96. The van der Waals surface area contributed by atoms with E-state index in [2.05, 4.69) is 11.4 Å². The normalized spacial score (nSPS) is 10.7. The highest BCUT2D eigenvalue weighted by Crippen LogP contribution is 2.37. The molecule has 0 atom stereocenters. The summed E-state index contributed by atoms with van der Waals surface area (Å²) in [6, 6.07) is 19.3.